The van der Waals surface area contributed by atoms with E-state index >= 15 is 0 Å². The Labute approximate surface area is 116 Å². The first-order valence-electron chi connectivity index (χ1n) is 6.16. The Bertz CT molecular complexity index is 655. The number of fused-ring (bicyclic) bond motifs is 1. The van der Waals surface area contributed by atoms with E-state index in [-0.39, 0.29) is 11.8 Å². The number of allylic oxidation sites excluding steroid dienone is 2. The molecule has 0 spiro atoms. The van der Waals surface area contributed by atoms with Gasteiger partial charge >= 0.3 is 0 Å². The third-order valence-corrected chi connectivity index (χ3v) is 3.76. The molecule has 0 saturated heterocycles. The van der Waals surface area contributed by atoms with Crippen LogP contribution in [-0.4, -0.2) is 15.7 Å². The molecule has 19 heavy (non-hydrogen) atoms. The molecule has 0 amide bonds. The van der Waals surface area contributed by atoms with Gasteiger partial charge in [0.25, 0.3) is 5.91 Å². The van der Waals surface area contributed by atoms with Crippen LogP contribution in [0.4, 0.5) is 0 Å². The summed E-state index contributed by atoms with van der Waals surface area (Å²) < 4.78 is 1.42. The zero-order valence-electron chi connectivity index (χ0n) is 10.5. The summed E-state index contributed by atoms with van der Waals surface area (Å²) in [5.41, 5.74) is 3.29. The first-order chi connectivity index (χ1) is 9.15. The molecule has 0 N–H and O–H groups in total. The summed E-state index contributed by atoms with van der Waals surface area (Å²) in [6, 6.07) is 10.2. The van der Waals surface area contributed by atoms with Crippen LogP contribution in [0, 0.1) is 6.92 Å². The summed E-state index contributed by atoms with van der Waals surface area (Å²) in [6.45, 7) is 2.06. The maximum Gasteiger partial charge on any atom is 0.272 e. The monoisotopic (exact) mass is 272 g/mol. The van der Waals surface area contributed by atoms with Gasteiger partial charge in [-0.1, -0.05) is 41.4 Å². The van der Waals surface area contributed by atoms with Crippen molar-refractivity contribution in [2.45, 2.75) is 19.3 Å². The highest BCUT2D eigenvalue weighted by Gasteiger charge is 2.27. The van der Waals surface area contributed by atoms with Gasteiger partial charge in [-0.3, -0.25) is 4.79 Å². The number of hydrogen-bond acceptors (Lipinski definition) is 2. The van der Waals surface area contributed by atoms with Crippen LogP contribution < -0.4 is 0 Å². The molecule has 0 bridgehead atoms. The quantitative estimate of drug-likeness (QED) is 0.841. The second kappa shape index (κ2) is 4.67. The Hall–Kier alpha value is -1.87. The Morgan fingerprint density at radius 2 is 2.00 bits per heavy atom. The topological polar surface area (TPSA) is 34.9 Å². The van der Waals surface area contributed by atoms with Crippen LogP contribution in [0.1, 0.15) is 27.5 Å². The van der Waals surface area contributed by atoms with E-state index in [0.717, 1.165) is 12.1 Å². The molecule has 0 radical (unpaired) electrons. The van der Waals surface area contributed by atoms with Crippen molar-refractivity contribution in [3.05, 3.63) is 64.5 Å². The average molecular weight is 273 g/mol. The number of carbonyl (C=O) groups is 1. The number of benzene rings is 1. The van der Waals surface area contributed by atoms with Crippen molar-refractivity contribution in [2.24, 2.45) is 0 Å². The molecular weight excluding hydrogens is 260 g/mol. The Kier molecular flexibility index (Phi) is 2.99. The van der Waals surface area contributed by atoms with Crippen LogP contribution in [0.15, 0.2) is 47.6 Å². The molecule has 1 aliphatic heterocycles. The van der Waals surface area contributed by atoms with E-state index in [1.54, 1.807) is 6.20 Å². The van der Waals surface area contributed by atoms with E-state index < -0.39 is 0 Å². The SMILES string of the molecule is Cc1ccc(CC2C(Cl)=CC(=O)n3nccc32)cc1. The highest BCUT2D eigenvalue weighted by atomic mass is 35.5. The van der Waals surface area contributed by atoms with Crippen molar-refractivity contribution >= 4 is 17.5 Å². The number of halogens is 1. The normalized spacial score (nSPS) is 18.1. The van der Waals surface area contributed by atoms with E-state index in [2.05, 4.69) is 36.3 Å². The van der Waals surface area contributed by atoms with Crippen molar-refractivity contribution < 1.29 is 4.79 Å². The third-order valence-electron chi connectivity index (χ3n) is 3.39. The van der Waals surface area contributed by atoms with Crippen LogP contribution in [0.3, 0.4) is 0 Å². The summed E-state index contributed by atoms with van der Waals surface area (Å²) in [5, 5.41) is 4.62. The van der Waals surface area contributed by atoms with Gasteiger partial charge in [0, 0.05) is 23.2 Å². The molecule has 2 aromatic rings. The van der Waals surface area contributed by atoms with Crippen molar-refractivity contribution in [1.82, 2.24) is 9.78 Å². The standard InChI is InChI=1S/C15H13ClN2O/c1-10-2-4-11(5-3-10)8-12-13(16)9-15(19)18-14(12)6-7-17-18/h2-7,9,12H,8H2,1H3. The first kappa shape index (κ1) is 12.2. The molecule has 0 fully saturated rings. The van der Waals surface area contributed by atoms with Gasteiger partial charge in [0.2, 0.25) is 0 Å². The molecular formula is C15H13ClN2O. The lowest BCUT2D eigenvalue weighted by Crippen LogP contribution is -2.22. The third kappa shape index (κ3) is 2.22. The van der Waals surface area contributed by atoms with Crippen LogP contribution in [0.25, 0.3) is 0 Å². The summed E-state index contributed by atoms with van der Waals surface area (Å²) in [4.78, 5) is 11.7. The fourth-order valence-corrected chi connectivity index (χ4v) is 2.63. The predicted molar refractivity (Wildman–Crippen MR) is 74.4 cm³/mol. The maximum absolute atomic E-state index is 11.7. The average Bonchev–Trinajstić information content (AvgIpc) is 2.86. The number of nitrogens with zero attached hydrogens (tertiary/aromatic N) is 2. The highest BCUT2D eigenvalue weighted by molar-refractivity contribution is 6.32. The molecule has 4 heteroatoms. The van der Waals surface area contributed by atoms with E-state index in [9.17, 15) is 4.79 Å². The van der Waals surface area contributed by atoms with Crippen molar-refractivity contribution in [3.63, 3.8) is 0 Å². The second-order valence-corrected chi connectivity index (χ2v) is 5.21. The highest BCUT2D eigenvalue weighted by Crippen LogP contribution is 2.33. The molecule has 3 rings (SSSR count). The van der Waals surface area contributed by atoms with Gasteiger partial charge in [-0.05, 0) is 25.0 Å². The Morgan fingerprint density at radius 1 is 1.26 bits per heavy atom. The summed E-state index contributed by atoms with van der Waals surface area (Å²) in [5.74, 6) is -0.172. The van der Waals surface area contributed by atoms with Crippen LogP contribution in [-0.2, 0) is 6.42 Å². The molecule has 96 valence electrons. The molecule has 1 atom stereocenters. The minimum atomic E-state index is -0.176. The number of rotatable bonds is 2. The molecule has 1 unspecified atom stereocenters. The van der Waals surface area contributed by atoms with Crippen LogP contribution in [0.5, 0.6) is 0 Å². The summed E-state index contributed by atoms with van der Waals surface area (Å²) >= 11 is 6.24. The van der Waals surface area contributed by atoms with Gasteiger partial charge in [-0.25, -0.2) is 4.68 Å². The Morgan fingerprint density at radius 3 is 2.74 bits per heavy atom. The van der Waals surface area contributed by atoms with Gasteiger partial charge in [0.05, 0.1) is 5.69 Å². The number of hydrogen-bond donors (Lipinski definition) is 0. The molecule has 0 saturated carbocycles. The van der Waals surface area contributed by atoms with Crippen molar-refractivity contribution in [3.8, 4) is 0 Å². The lowest BCUT2D eigenvalue weighted by Gasteiger charge is -2.21. The first-order valence-corrected chi connectivity index (χ1v) is 6.54. The molecule has 1 aromatic heterocycles. The zero-order chi connectivity index (χ0) is 13.4. The molecule has 2 heterocycles. The fourth-order valence-electron chi connectivity index (χ4n) is 2.34. The maximum atomic E-state index is 11.7. The molecule has 1 aliphatic rings. The fraction of sp³-hybridized carbons (Fsp3) is 0.200. The molecule has 1 aromatic carbocycles. The van der Waals surface area contributed by atoms with Gasteiger partial charge in [-0.2, -0.15) is 5.10 Å². The van der Waals surface area contributed by atoms with Crippen molar-refractivity contribution in [2.75, 3.05) is 0 Å². The predicted octanol–water partition coefficient (Wildman–Crippen LogP) is 3.29. The second-order valence-electron chi connectivity index (χ2n) is 4.78. The lowest BCUT2D eigenvalue weighted by atomic mass is 9.93. The van der Waals surface area contributed by atoms with Crippen LogP contribution >= 0.6 is 11.6 Å². The van der Waals surface area contributed by atoms with Gasteiger partial charge in [0.1, 0.15) is 0 Å². The number of aromatic nitrogens is 2. The smallest absolute Gasteiger partial charge is 0.267 e. The largest absolute Gasteiger partial charge is 0.272 e. The van der Waals surface area contributed by atoms with E-state index in [0.29, 0.717) is 5.03 Å². The molecule has 3 nitrogen and oxygen atoms in total. The minimum Gasteiger partial charge on any atom is -0.267 e. The summed E-state index contributed by atoms with van der Waals surface area (Å²) in [7, 11) is 0. The molecule has 0 aliphatic carbocycles. The van der Waals surface area contributed by atoms with E-state index in [1.807, 2.05) is 6.07 Å². The van der Waals surface area contributed by atoms with Crippen LogP contribution in [0.2, 0.25) is 0 Å². The van der Waals surface area contributed by atoms with Crippen molar-refractivity contribution in [1.29, 1.82) is 0 Å². The summed E-state index contributed by atoms with van der Waals surface area (Å²) in [6.07, 6.45) is 3.87. The number of aryl methyl sites for hydroxylation is 1. The Balaban J connectivity index is 1.94. The van der Waals surface area contributed by atoms with Gasteiger partial charge < -0.3 is 0 Å². The zero-order valence-corrected chi connectivity index (χ0v) is 11.3. The van der Waals surface area contributed by atoms with E-state index in [4.69, 9.17) is 11.6 Å². The lowest BCUT2D eigenvalue weighted by molar-refractivity contribution is 0.0944. The van der Waals surface area contributed by atoms with Gasteiger partial charge in [0.15, 0.2) is 0 Å². The van der Waals surface area contributed by atoms with E-state index in [1.165, 1.54) is 21.9 Å². The number of carbonyl (C=O) groups excluding carboxylic acids is 1. The van der Waals surface area contributed by atoms with Gasteiger partial charge in [-0.15, -0.1) is 0 Å². The minimum absolute atomic E-state index is 0.00423.